The van der Waals surface area contributed by atoms with Gasteiger partial charge in [-0.15, -0.1) is 0 Å². The number of aromatic nitrogens is 2. The third-order valence-electron chi connectivity index (χ3n) is 3.63. The molecule has 2 N–H and O–H groups in total. The molecule has 0 bridgehead atoms. The molecular weight excluding hydrogens is 343 g/mol. The Balaban J connectivity index is 2.48. The van der Waals surface area contributed by atoms with Gasteiger partial charge in [0, 0.05) is 5.56 Å². The first-order valence-electron chi connectivity index (χ1n) is 7.35. The van der Waals surface area contributed by atoms with Gasteiger partial charge in [0.15, 0.2) is 0 Å². The molecule has 26 heavy (non-hydrogen) atoms. The van der Waals surface area contributed by atoms with Crippen molar-refractivity contribution >= 4 is 11.9 Å². The standard InChI is InChI=1S/C18H11FN2O5/c19-11-6-8-12(9-7-11)21-15(10-4-2-1-3-5-10)13(17(23)24)16(22)14(20-21)18(25)26/h1-9H,(H,23,24)(H,25,26). The lowest BCUT2D eigenvalue weighted by Crippen LogP contribution is -2.29. The van der Waals surface area contributed by atoms with E-state index in [4.69, 9.17) is 0 Å². The summed E-state index contributed by atoms with van der Waals surface area (Å²) in [6.07, 6.45) is 0. The molecule has 130 valence electrons. The van der Waals surface area contributed by atoms with Crippen molar-refractivity contribution in [2.45, 2.75) is 0 Å². The predicted octanol–water partition coefficient (Wildman–Crippen LogP) is 2.43. The molecule has 2 aromatic carbocycles. The highest BCUT2D eigenvalue weighted by Gasteiger charge is 2.27. The molecule has 8 heteroatoms. The first-order chi connectivity index (χ1) is 12.4. The Labute approximate surface area is 145 Å². The van der Waals surface area contributed by atoms with E-state index >= 15 is 0 Å². The van der Waals surface area contributed by atoms with Gasteiger partial charge in [-0.05, 0) is 24.3 Å². The number of nitrogens with zero attached hydrogens (tertiary/aromatic N) is 2. The van der Waals surface area contributed by atoms with Gasteiger partial charge in [-0.3, -0.25) is 4.79 Å². The zero-order valence-electron chi connectivity index (χ0n) is 13.1. The Bertz CT molecular complexity index is 1060. The summed E-state index contributed by atoms with van der Waals surface area (Å²) in [5, 5.41) is 22.6. The maximum Gasteiger partial charge on any atom is 0.360 e. The number of carboxylic acid groups (broad SMARTS) is 2. The molecule has 0 saturated carbocycles. The first kappa shape index (κ1) is 17.0. The van der Waals surface area contributed by atoms with Crippen LogP contribution in [0.1, 0.15) is 20.8 Å². The highest BCUT2D eigenvalue weighted by Crippen LogP contribution is 2.25. The maximum absolute atomic E-state index is 13.2. The Morgan fingerprint density at radius 2 is 1.54 bits per heavy atom. The second-order valence-corrected chi connectivity index (χ2v) is 5.27. The second-order valence-electron chi connectivity index (χ2n) is 5.27. The summed E-state index contributed by atoms with van der Waals surface area (Å²) in [6, 6.07) is 12.9. The van der Waals surface area contributed by atoms with Gasteiger partial charge in [-0.25, -0.2) is 18.7 Å². The molecule has 1 heterocycles. The van der Waals surface area contributed by atoms with E-state index in [2.05, 4.69) is 5.10 Å². The Morgan fingerprint density at radius 3 is 2.08 bits per heavy atom. The average molecular weight is 354 g/mol. The summed E-state index contributed by atoms with van der Waals surface area (Å²) in [7, 11) is 0. The van der Waals surface area contributed by atoms with Gasteiger partial charge in [0.05, 0.1) is 11.4 Å². The third-order valence-corrected chi connectivity index (χ3v) is 3.63. The lowest BCUT2D eigenvalue weighted by Gasteiger charge is -2.16. The summed E-state index contributed by atoms with van der Waals surface area (Å²) in [5.41, 5.74) is -2.42. The van der Waals surface area contributed by atoms with Gasteiger partial charge in [0.1, 0.15) is 11.4 Å². The SMILES string of the molecule is O=C(O)c1nn(-c2ccc(F)cc2)c(-c2ccccc2)c(C(=O)O)c1=O. The van der Waals surface area contributed by atoms with Crippen molar-refractivity contribution in [2.24, 2.45) is 0 Å². The second kappa shape index (κ2) is 6.60. The third kappa shape index (κ3) is 2.95. The average Bonchev–Trinajstić information content (AvgIpc) is 2.62. The zero-order valence-corrected chi connectivity index (χ0v) is 13.1. The van der Waals surface area contributed by atoms with Crippen LogP contribution in [-0.4, -0.2) is 31.9 Å². The smallest absolute Gasteiger partial charge is 0.360 e. The molecule has 3 rings (SSSR count). The fraction of sp³-hybridized carbons (Fsp3) is 0. The number of carbonyl (C=O) groups is 2. The van der Waals surface area contributed by atoms with Gasteiger partial charge in [0.25, 0.3) is 0 Å². The van der Waals surface area contributed by atoms with Crippen molar-refractivity contribution < 1.29 is 24.2 Å². The molecule has 0 aliphatic carbocycles. The topological polar surface area (TPSA) is 109 Å². The fourth-order valence-electron chi connectivity index (χ4n) is 2.50. The molecule has 0 amide bonds. The fourth-order valence-corrected chi connectivity index (χ4v) is 2.50. The van der Waals surface area contributed by atoms with Gasteiger partial charge in [0.2, 0.25) is 11.1 Å². The normalized spacial score (nSPS) is 10.5. The van der Waals surface area contributed by atoms with Crippen LogP contribution in [0.25, 0.3) is 16.9 Å². The monoisotopic (exact) mass is 354 g/mol. The Hall–Kier alpha value is -3.81. The largest absolute Gasteiger partial charge is 0.477 e. The maximum atomic E-state index is 13.2. The van der Waals surface area contributed by atoms with Crippen molar-refractivity contribution in [1.29, 1.82) is 0 Å². The van der Waals surface area contributed by atoms with E-state index in [9.17, 15) is 29.0 Å². The summed E-state index contributed by atoms with van der Waals surface area (Å²) in [6.45, 7) is 0. The van der Waals surface area contributed by atoms with Crippen LogP contribution in [-0.2, 0) is 0 Å². The van der Waals surface area contributed by atoms with Crippen molar-refractivity contribution in [3.8, 4) is 16.9 Å². The number of aromatic carboxylic acids is 2. The Kier molecular flexibility index (Phi) is 4.32. The highest BCUT2D eigenvalue weighted by atomic mass is 19.1. The lowest BCUT2D eigenvalue weighted by molar-refractivity contribution is 0.0686. The molecule has 3 aromatic rings. The van der Waals surface area contributed by atoms with E-state index < -0.39 is 34.4 Å². The van der Waals surface area contributed by atoms with Gasteiger partial charge >= 0.3 is 11.9 Å². The molecule has 0 aliphatic heterocycles. The first-order valence-corrected chi connectivity index (χ1v) is 7.35. The summed E-state index contributed by atoms with van der Waals surface area (Å²) >= 11 is 0. The molecule has 0 atom stereocenters. The number of hydrogen-bond donors (Lipinski definition) is 2. The Morgan fingerprint density at radius 1 is 0.923 bits per heavy atom. The number of rotatable bonds is 4. The van der Waals surface area contributed by atoms with Crippen molar-refractivity contribution in [3.63, 3.8) is 0 Å². The predicted molar refractivity (Wildman–Crippen MR) is 89.1 cm³/mol. The number of halogens is 1. The molecule has 7 nitrogen and oxygen atoms in total. The van der Waals surface area contributed by atoms with E-state index in [1.54, 1.807) is 30.3 Å². The minimum Gasteiger partial charge on any atom is -0.477 e. The van der Waals surface area contributed by atoms with Crippen LogP contribution in [0.15, 0.2) is 59.4 Å². The number of hydrogen-bond acceptors (Lipinski definition) is 4. The lowest BCUT2D eigenvalue weighted by atomic mass is 10.0. The molecule has 0 unspecified atom stereocenters. The quantitative estimate of drug-likeness (QED) is 0.745. The molecule has 0 spiro atoms. The van der Waals surface area contributed by atoms with Crippen LogP contribution in [0.3, 0.4) is 0 Å². The van der Waals surface area contributed by atoms with E-state index in [1.165, 1.54) is 12.1 Å². The number of benzene rings is 2. The van der Waals surface area contributed by atoms with Crippen LogP contribution < -0.4 is 5.43 Å². The molecule has 0 aliphatic rings. The molecule has 0 radical (unpaired) electrons. The van der Waals surface area contributed by atoms with Crippen molar-refractivity contribution in [3.05, 3.63) is 81.9 Å². The molecule has 0 saturated heterocycles. The minimum atomic E-state index is -1.66. The van der Waals surface area contributed by atoms with Crippen LogP contribution in [0.5, 0.6) is 0 Å². The van der Waals surface area contributed by atoms with Crippen molar-refractivity contribution in [1.82, 2.24) is 9.78 Å². The van der Waals surface area contributed by atoms with Crippen LogP contribution in [0.2, 0.25) is 0 Å². The van der Waals surface area contributed by atoms with Gasteiger partial charge in [-0.1, -0.05) is 30.3 Å². The molecule has 0 fully saturated rings. The zero-order chi connectivity index (χ0) is 18.8. The number of carboxylic acids is 2. The van der Waals surface area contributed by atoms with Crippen LogP contribution in [0.4, 0.5) is 4.39 Å². The van der Waals surface area contributed by atoms with Crippen LogP contribution in [0, 0.1) is 5.82 Å². The molecule has 1 aromatic heterocycles. The molecular formula is C18H11FN2O5. The summed E-state index contributed by atoms with van der Waals surface area (Å²) < 4.78 is 14.3. The van der Waals surface area contributed by atoms with Gasteiger partial charge in [-0.2, -0.15) is 5.10 Å². The summed E-state index contributed by atoms with van der Waals surface area (Å²) in [4.78, 5) is 35.5. The highest BCUT2D eigenvalue weighted by molar-refractivity contribution is 5.97. The van der Waals surface area contributed by atoms with Crippen LogP contribution >= 0.6 is 0 Å². The van der Waals surface area contributed by atoms with Crippen molar-refractivity contribution in [2.75, 3.05) is 0 Å². The van der Waals surface area contributed by atoms with E-state index in [1.807, 2.05) is 0 Å². The van der Waals surface area contributed by atoms with Gasteiger partial charge < -0.3 is 10.2 Å². The van der Waals surface area contributed by atoms with E-state index in [0.29, 0.717) is 5.56 Å². The van der Waals surface area contributed by atoms with E-state index in [0.717, 1.165) is 16.8 Å². The van der Waals surface area contributed by atoms with E-state index in [-0.39, 0.29) is 11.4 Å². The minimum absolute atomic E-state index is 0.0975. The summed E-state index contributed by atoms with van der Waals surface area (Å²) in [5.74, 6) is -3.78.